The van der Waals surface area contributed by atoms with Crippen LogP contribution in [0.15, 0.2) is 40.9 Å². The summed E-state index contributed by atoms with van der Waals surface area (Å²) in [5.74, 6) is 1.44. The van der Waals surface area contributed by atoms with Gasteiger partial charge in [0.1, 0.15) is 11.5 Å². The first kappa shape index (κ1) is 21.5. The van der Waals surface area contributed by atoms with E-state index in [-0.39, 0.29) is 24.4 Å². The maximum absolute atomic E-state index is 10.5. The summed E-state index contributed by atoms with van der Waals surface area (Å²) in [7, 11) is 0. The van der Waals surface area contributed by atoms with E-state index in [1.165, 1.54) is 0 Å². The second-order valence-corrected chi connectivity index (χ2v) is 7.47. The number of unbranched alkanes of at least 4 members (excludes halogenated alkanes) is 1. The second kappa shape index (κ2) is 11.1. The van der Waals surface area contributed by atoms with Gasteiger partial charge < -0.3 is 19.7 Å². The zero-order chi connectivity index (χ0) is 19.6. The van der Waals surface area contributed by atoms with Gasteiger partial charge in [-0.1, -0.05) is 24.3 Å². The number of allylic oxidation sites excluding steroid dienone is 3. The smallest absolute Gasteiger partial charge is 0.303 e. The molecule has 5 nitrogen and oxygen atoms in total. The molecule has 150 valence electrons. The number of aliphatic hydroxyl groups excluding tert-OH is 2. The average molecular weight is 376 g/mol. The summed E-state index contributed by atoms with van der Waals surface area (Å²) in [6.45, 7) is 1.91. The molecule has 0 saturated heterocycles. The molecule has 1 heterocycles. The van der Waals surface area contributed by atoms with Crippen LogP contribution in [0.5, 0.6) is 0 Å². The molecule has 0 amide bonds. The molecule has 1 unspecified atom stereocenters. The largest absolute Gasteiger partial charge is 0.481 e. The van der Waals surface area contributed by atoms with Gasteiger partial charge in [0.05, 0.1) is 12.2 Å². The number of carboxylic acid groups (broad SMARTS) is 1. The van der Waals surface area contributed by atoms with E-state index in [4.69, 9.17) is 9.52 Å². The average Bonchev–Trinajstić information content (AvgIpc) is 3.20. The third-order valence-electron chi connectivity index (χ3n) is 5.24. The second-order valence-electron chi connectivity index (χ2n) is 7.47. The fraction of sp³-hybridized carbons (Fsp3) is 0.591. The van der Waals surface area contributed by atoms with Gasteiger partial charge in [0.25, 0.3) is 0 Å². The first-order valence-corrected chi connectivity index (χ1v) is 9.92. The van der Waals surface area contributed by atoms with E-state index >= 15 is 0 Å². The SMILES string of the molecule is Cc1ccc(CC[C@H](O)C=C[C@H]2CCC(O)[C@@H]2CC=CCCCC(=O)O)o1. The molecule has 0 bridgehead atoms. The number of carboxylic acids is 1. The molecule has 2 rings (SSSR count). The third kappa shape index (κ3) is 7.73. The lowest BCUT2D eigenvalue weighted by atomic mass is 9.90. The maximum Gasteiger partial charge on any atom is 0.303 e. The molecule has 1 fully saturated rings. The van der Waals surface area contributed by atoms with Crippen LogP contribution in [0.25, 0.3) is 0 Å². The summed E-state index contributed by atoms with van der Waals surface area (Å²) in [5, 5.41) is 29.1. The molecule has 1 aliphatic carbocycles. The molecule has 1 aliphatic rings. The molecular formula is C22H32O5. The molecule has 27 heavy (non-hydrogen) atoms. The Morgan fingerprint density at radius 2 is 2.15 bits per heavy atom. The Morgan fingerprint density at radius 3 is 2.85 bits per heavy atom. The number of hydrogen-bond acceptors (Lipinski definition) is 4. The third-order valence-corrected chi connectivity index (χ3v) is 5.24. The van der Waals surface area contributed by atoms with Crippen LogP contribution in [0.2, 0.25) is 0 Å². The van der Waals surface area contributed by atoms with Gasteiger partial charge >= 0.3 is 5.97 Å². The Morgan fingerprint density at radius 1 is 1.33 bits per heavy atom. The molecule has 0 spiro atoms. The van der Waals surface area contributed by atoms with Gasteiger partial charge in [-0.2, -0.15) is 0 Å². The highest BCUT2D eigenvalue weighted by Gasteiger charge is 2.32. The summed E-state index contributed by atoms with van der Waals surface area (Å²) >= 11 is 0. The van der Waals surface area contributed by atoms with Crippen molar-refractivity contribution in [1.82, 2.24) is 0 Å². The number of aliphatic hydroxyl groups is 2. The van der Waals surface area contributed by atoms with Gasteiger partial charge in [-0.25, -0.2) is 0 Å². The highest BCUT2D eigenvalue weighted by atomic mass is 16.4. The predicted molar refractivity (Wildman–Crippen MR) is 104 cm³/mol. The van der Waals surface area contributed by atoms with Crippen molar-refractivity contribution in [2.45, 2.75) is 70.5 Å². The van der Waals surface area contributed by atoms with Gasteiger partial charge in [-0.05, 0) is 69.4 Å². The highest BCUT2D eigenvalue weighted by molar-refractivity contribution is 5.66. The van der Waals surface area contributed by atoms with E-state index in [0.29, 0.717) is 19.3 Å². The lowest BCUT2D eigenvalue weighted by molar-refractivity contribution is -0.137. The minimum absolute atomic E-state index is 0.164. The van der Waals surface area contributed by atoms with E-state index in [2.05, 4.69) is 12.2 Å². The number of aryl methyl sites for hydroxylation is 2. The standard InChI is InChI=1S/C22H32O5/c1-16-8-13-19(27-16)14-12-18(23)11-9-17-10-15-21(24)20(17)6-4-2-3-5-7-22(25)26/h2,4,8-9,11,13,17-18,20-21,23-24H,3,5-7,10,12,14-15H2,1H3,(H,25,26)/t17-,18+,20+,21?/m0/s1. The molecule has 5 heteroatoms. The number of aliphatic carboxylic acids is 1. The molecule has 0 radical (unpaired) electrons. The Hall–Kier alpha value is -1.85. The van der Waals surface area contributed by atoms with Crippen LogP contribution >= 0.6 is 0 Å². The first-order valence-electron chi connectivity index (χ1n) is 9.92. The van der Waals surface area contributed by atoms with Crippen LogP contribution in [0.1, 0.15) is 56.5 Å². The van der Waals surface area contributed by atoms with Crippen molar-refractivity contribution in [2.75, 3.05) is 0 Å². The normalized spacial score (nSPS) is 24.2. The minimum atomic E-state index is -0.763. The fourth-order valence-electron chi connectivity index (χ4n) is 3.67. The molecule has 3 N–H and O–H groups in total. The van der Waals surface area contributed by atoms with Gasteiger partial charge in [-0.15, -0.1) is 0 Å². The highest BCUT2D eigenvalue weighted by Crippen LogP contribution is 2.36. The van der Waals surface area contributed by atoms with E-state index in [0.717, 1.165) is 37.2 Å². The Bertz CT molecular complexity index is 630. The summed E-state index contributed by atoms with van der Waals surface area (Å²) in [5.41, 5.74) is 0. The van der Waals surface area contributed by atoms with Gasteiger partial charge in [0.15, 0.2) is 0 Å². The quantitative estimate of drug-likeness (QED) is 0.401. The lowest BCUT2D eigenvalue weighted by Gasteiger charge is -2.18. The maximum atomic E-state index is 10.5. The Balaban J connectivity index is 1.74. The number of hydrogen-bond donors (Lipinski definition) is 3. The summed E-state index contributed by atoms with van der Waals surface area (Å²) in [6, 6.07) is 3.87. The lowest BCUT2D eigenvalue weighted by Crippen LogP contribution is -2.17. The first-order chi connectivity index (χ1) is 13.0. The van der Waals surface area contributed by atoms with Gasteiger partial charge in [0.2, 0.25) is 0 Å². The monoisotopic (exact) mass is 376 g/mol. The van der Waals surface area contributed by atoms with Gasteiger partial charge in [-0.3, -0.25) is 4.79 Å². The molecule has 1 aromatic rings. The number of rotatable bonds is 11. The van der Waals surface area contributed by atoms with Crippen molar-refractivity contribution < 1.29 is 24.5 Å². The van der Waals surface area contributed by atoms with Crippen molar-refractivity contribution in [3.05, 3.63) is 48.0 Å². The molecular weight excluding hydrogens is 344 g/mol. The summed E-state index contributed by atoms with van der Waals surface area (Å²) < 4.78 is 5.52. The zero-order valence-electron chi connectivity index (χ0n) is 16.1. The van der Waals surface area contributed by atoms with E-state index in [1.54, 1.807) is 0 Å². The zero-order valence-corrected chi connectivity index (χ0v) is 16.1. The van der Waals surface area contributed by atoms with Crippen molar-refractivity contribution in [1.29, 1.82) is 0 Å². The Kier molecular flexibility index (Phi) is 8.82. The van der Waals surface area contributed by atoms with Crippen LogP contribution < -0.4 is 0 Å². The van der Waals surface area contributed by atoms with E-state index in [1.807, 2.05) is 31.2 Å². The Labute approximate surface area is 161 Å². The molecule has 0 aromatic carbocycles. The summed E-state index contributed by atoms with van der Waals surface area (Å²) in [4.78, 5) is 10.5. The number of furan rings is 1. The molecule has 1 saturated carbocycles. The van der Waals surface area contributed by atoms with Crippen LogP contribution in [-0.4, -0.2) is 33.5 Å². The van der Waals surface area contributed by atoms with Crippen LogP contribution in [-0.2, 0) is 11.2 Å². The van der Waals surface area contributed by atoms with Crippen molar-refractivity contribution >= 4 is 5.97 Å². The minimum Gasteiger partial charge on any atom is -0.481 e. The van der Waals surface area contributed by atoms with Crippen LogP contribution in [0.3, 0.4) is 0 Å². The molecule has 0 aliphatic heterocycles. The van der Waals surface area contributed by atoms with Crippen LogP contribution in [0, 0.1) is 18.8 Å². The van der Waals surface area contributed by atoms with Crippen LogP contribution in [0.4, 0.5) is 0 Å². The fourth-order valence-corrected chi connectivity index (χ4v) is 3.67. The van der Waals surface area contributed by atoms with Crippen molar-refractivity contribution in [2.24, 2.45) is 11.8 Å². The van der Waals surface area contributed by atoms with Crippen molar-refractivity contribution in [3.63, 3.8) is 0 Å². The van der Waals surface area contributed by atoms with Gasteiger partial charge in [0, 0.05) is 12.8 Å². The van der Waals surface area contributed by atoms with E-state index in [9.17, 15) is 15.0 Å². The van der Waals surface area contributed by atoms with Crippen molar-refractivity contribution in [3.8, 4) is 0 Å². The predicted octanol–water partition coefficient (Wildman–Crippen LogP) is 4.03. The van der Waals surface area contributed by atoms with E-state index < -0.39 is 12.1 Å². The molecule has 1 aromatic heterocycles. The number of carbonyl (C=O) groups is 1. The molecule has 4 atom stereocenters. The topological polar surface area (TPSA) is 90.9 Å². The summed E-state index contributed by atoms with van der Waals surface area (Å²) in [6.07, 6.45) is 12.5.